The summed E-state index contributed by atoms with van der Waals surface area (Å²) in [5.41, 5.74) is -0.447. The summed E-state index contributed by atoms with van der Waals surface area (Å²) < 4.78 is 5.58. The molecule has 1 saturated heterocycles. The molecule has 0 bridgehead atoms. The van der Waals surface area contributed by atoms with Crippen LogP contribution in [0.2, 0.25) is 0 Å². The lowest BCUT2D eigenvalue weighted by Gasteiger charge is -2.34. The summed E-state index contributed by atoms with van der Waals surface area (Å²) in [4.78, 5) is 14.4. The highest BCUT2D eigenvalue weighted by atomic mass is 16.6. The number of rotatable bonds is 2. The number of allylic oxidation sites excluding steroid dienone is 1. The lowest BCUT2D eigenvalue weighted by atomic mass is 10.1. The predicted molar refractivity (Wildman–Crippen MR) is 72.4 cm³/mol. The number of ether oxygens (including phenoxy) is 1. The molecule has 1 heterocycles. The number of amides is 1. The summed E-state index contributed by atoms with van der Waals surface area (Å²) in [6, 6.07) is 0.342. The minimum absolute atomic E-state index is 0.0300. The number of carbonyl (C=O) groups excluding carboxylic acids is 1. The van der Waals surface area contributed by atoms with Gasteiger partial charge < -0.3 is 4.74 Å². The molecule has 0 unspecified atom stereocenters. The first kappa shape index (κ1) is 13.4. The van der Waals surface area contributed by atoms with Gasteiger partial charge in [-0.25, -0.2) is 4.79 Å². The fourth-order valence-electron chi connectivity index (χ4n) is 3.24. The Morgan fingerprint density at radius 3 is 2.67 bits per heavy atom. The molecule has 0 aromatic rings. The number of likely N-dealkylation sites (tertiary alicyclic amines) is 1. The maximum Gasteiger partial charge on any atom is 0.411 e. The van der Waals surface area contributed by atoms with Crippen LogP contribution in [-0.2, 0) is 4.74 Å². The molecule has 3 atom stereocenters. The van der Waals surface area contributed by atoms with Gasteiger partial charge in [-0.1, -0.05) is 19.1 Å². The van der Waals surface area contributed by atoms with Gasteiger partial charge in [0.2, 0.25) is 0 Å². The van der Waals surface area contributed by atoms with E-state index in [1.807, 2.05) is 32.6 Å². The molecule has 1 aliphatic heterocycles. The van der Waals surface area contributed by atoms with E-state index in [-0.39, 0.29) is 11.6 Å². The van der Waals surface area contributed by atoms with Crippen molar-refractivity contribution in [2.75, 3.05) is 0 Å². The Balaban J connectivity index is 2.19. The van der Waals surface area contributed by atoms with Gasteiger partial charge in [-0.3, -0.25) is 4.90 Å². The molecule has 0 N–H and O–H groups in total. The summed E-state index contributed by atoms with van der Waals surface area (Å²) >= 11 is 0. The van der Waals surface area contributed by atoms with Gasteiger partial charge in [-0.05, 0) is 52.9 Å². The summed E-state index contributed by atoms with van der Waals surface area (Å²) in [5.74, 6) is 0.645. The van der Waals surface area contributed by atoms with Crippen molar-refractivity contribution in [1.29, 1.82) is 0 Å². The molecule has 2 aliphatic rings. The van der Waals surface area contributed by atoms with Gasteiger partial charge in [0.05, 0.1) is 5.54 Å². The molecule has 3 heteroatoms. The van der Waals surface area contributed by atoms with Crippen LogP contribution in [-0.4, -0.2) is 28.2 Å². The summed E-state index contributed by atoms with van der Waals surface area (Å²) in [6.07, 6.45) is 7.35. The molecule has 0 radical (unpaired) electrons. The topological polar surface area (TPSA) is 29.5 Å². The highest BCUT2D eigenvalue weighted by molar-refractivity contribution is 5.72. The Morgan fingerprint density at radius 1 is 1.50 bits per heavy atom. The molecule has 1 saturated carbocycles. The molecule has 0 aromatic carbocycles. The van der Waals surface area contributed by atoms with E-state index in [1.165, 1.54) is 0 Å². The molecule has 2 fully saturated rings. The number of carbonyl (C=O) groups is 1. The number of hydrogen-bond donors (Lipinski definition) is 0. The molecule has 3 nitrogen and oxygen atoms in total. The third-order valence-electron chi connectivity index (χ3n) is 4.01. The Hall–Kier alpha value is -0.990. The molecular weight excluding hydrogens is 226 g/mol. The normalized spacial score (nSPS) is 34.8. The van der Waals surface area contributed by atoms with Gasteiger partial charge >= 0.3 is 6.09 Å². The predicted octanol–water partition coefficient (Wildman–Crippen LogP) is 3.74. The van der Waals surface area contributed by atoms with Crippen molar-refractivity contribution < 1.29 is 9.53 Å². The van der Waals surface area contributed by atoms with E-state index in [0.29, 0.717) is 12.0 Å². The zero-order chi connectivity index (χ0) is 13.6. The zero-order valence-corrected chi connectivity index (χ0v) is 12.2. The van der Waals surface area contributed by atoms with Crippen LogP contribution in [0.5, 0.6) is 0 Å². The summed E-state index contributed by atoms with van der Waals surface area (Å²) in [7, 11) is 0. The van der Waals surface area contributed by atoms with Crippen molar-refractivity contribution in [1.82, 2.24) is 4.90 Å². The quantitative estimate of drug-likeness (QED) is 0.700. The van der Waals surface area contributed by atoms with Crippen LogP contribution < -0.4 is 0 Å². The van der Waals surface area contributed by atoms with Crippen molar-refractivity contribution in [2.24, 2.45) is 5.92 Å². The monoisotopic (exact) mass is 251 g/mol. The molecule has 1 amide bonds. The standard InChI is InChI=1S/C15H25NO2/c1-6-8-15-10-11(15)9-12(7-2)16(15)13(17)18-14(3,4)5/h6,8,11-12H,7,9-10H2,1-5H3/b8-6+/t11-,12+,15+/m1/s1. The number of nitrogens with zero attached hydrogens (tertiary/aromatic N) is 1. The van der Waals surface area contributed by atoms with Crippen LogP contribution in [0.1, 0.15) is 53.9 Å². The van der Waals surface area contributed by atoms with Gasteiger partial charge in [0.15, 0.2) is 0 Å². The van der Waals surface area contributed by atoms with Gasteiger partial charge in [0.1, 0.15) is 5.60 Å². The molecule has 0 aromatic heterocycles. The molecule has 2 rings (SSSR count). The average Bonchev–Trinajstić information content (AvgIpc) is 2.81. The van der Waals surface area contributed by atoms with E-state index in [0.717, 1.165) is 19.3 Å². The Labute approximate surface area is 110 Å². The average molecular weight is 251 g/mol. The lowest BCUT2D eigenvalue weighted by molar-refractivity contribution is 0.0121. The minimum atomic E-state index is -0.417. The second-order valence-corrected chi connectivity index (χ2v) is 6.54. The van der Waals surface area contributed by atoms with Crippen LogP contribution in [0.25, 0.3) is 0 Å². The smallest absolute Gasteiger partial charge is 0.411 e. The fraction of sp³-hybridized carbons (Fsp3) is 0.800. The zero-order valence-electron chi connectivity index (χ0n) is 12.2. The second kappa shape index (κ2) is 4.29. The largest absolute Gasteiger partial charge is 0.444 e. The van der Waals surface area contributed by atoms with Crippen LogP contribution in [0.3, 0.4) is 0 Å². The maximum atomic E-state index is 12.4. The third kappa shape index (κ3) is 2.15. The van der Waals surface area contributed by atoms with Crippen LogP contribution >= 0.6 is 0 Å². The van der Waals surface area contributed by atoms with Crippen molar-refractivity contribution in [3.05, 3.63) is 12.2 Å². The highest BCUT2D eigenvalue weighted by Gasteiger charge is 2.65. The van der Waals surface area contributed by atoms with Crippen molar-refractivity contribution in [2.45, 2.75) is 71.1 Å². The molecule has 18 heavy (non-hydrogen) atoms. The fourth-order valence-corrected chi connectivity index (χ4v) is 3.24. The molecule has 0 spiro atoms. The van der Waals surface area contributed by atoms with E-state index >= 15 is 0 Å². The van der Waals surface area contributed by atoms with Gasteiger partial charge in [-0.15, -0.1) is 0 Å². The first-order chi connectivity index (χ1) is 8.34. The van der Waals surface area contributed by atoms with Crippen LogP contribution in [0, 0.1) is 5.92 Å². The van der Waals surface area contributed by atoms with E-state index in [1.54, 1.807) is 0 Å². The molecular formula is C15H25NO2. The van der Waals surface area contributed by atoms with Crippen LogP contribution in [0.4, 0.5) is 4.79 Å². The van der Waals surface area contributed by atoms with Crippen molar-refractivity contribution in [3.63, 3.8) is 0 Å². The second-order valence-electron chi connectivity index (χ2n) is 6.54. The van der Waals surface area contributed by atoms with Crippen LogP contribution in [0.15, 0.2) is 12.2 Å². The third-order valence-corrected chi connectivity index (χ3v) is 4.01. The Kier molecular flexibility index (Phi) is 3.20. The maximum absolute atomic E-state index is 12.4. The van der Waals surface area contributed by atoms with Gasteiger partial charge in [0, 0.05) is 6.04 Å². The number of hydrogen-bond acceptors (Lipinski definition) is 2. The number of piperidine rings is 1. The Bertz CT molecular complexity index is 369. The van der Waals surface area contributed by atoms with Crippen molar-refractivity contribution in [3.8, 4) is 0 Å². The lowest BCUT2D eigenvalue weighted by Crippen LogP contribution is -2.46. The highest BCUT2D eigenvalue weighted by Crippen LogP contribution is 2.59. The number of fused-ring (bicyclic) bond motifs is 1. The van der Waals surface area contributed by atoms with Gasteiger partial charge in [0.25, 0.3) is 0 Å². The Morgan fingerprint density at radius 2 is 2.17 bits per heavy atom. The molecule has 102 valence electrons. The SMILES string of the molecule is C/C=C/[C@]12C[C@H]1C[C@H](CC)N2C(=O)OC(C)(C)C. The summed E-state index contributed by atoms with van der Waals surface area (Å²) in [5, 5.41) is 0. The van der Waals surface area contributed by atoms with E-state index in [9.17, 15) is 4.79 Å². The van der Waals surface area contributed by atoms with E-state index in [2.05, 4.69) is 19.1 Å². The van der Waals surface area contributed by atoms with E-state index in [4.69, 9.17) is 4.74 Å². The van der Waals surface area contributed by atoms with Crippen molar-refractivity contribution >= 4 is 6.09 Å². The summed E-state index contributed by atoms with van der Waals surface area (Å²) in [6.45, 7) is 9.95. The first-order valence-electron chi connectivity index (χ1n) is 7.00. The van der Waals surface area contributed by atoms with Gasteiger partial charge in [-0.2, -0.15) is 0 Å². The molecule has 1 aliphatic carbocycles. The minimum Gasteiger partial charge on any atom is -0.444 e. The van der Waals surface area contributed by atoms with E-state index < -0.39 is 5.60 Å². The first-order valence-corrected chi connectivity index (χ1v) is 7.00.